The van der Waals surface area contributed by atoms with Crippen molar-refractivity contribution in [3.63, 3.8) is 0 Å². The minimum atomic E-state index is -0.605. The molecular formula is C39H52N8O3. The Bertz CT molecular complexity index is 1750. The molecule has 1 aliphatic carbocycles. The number of likely N-dealkylation sites (N-methyl/N-ethyl adjacent to an activating group) is 1. The molecule has 3 fully saturated rings. The Labute approximate surface area is 297 Å². The van der Waals surface area contributed by atoms with Crippen LogP contribution in [0.1, 0.15) is 50.4 Å². The van der Waals surface area contributed by atoms with Crippen LogP contribution in [0.4, 0.5) is 16.3 Å². The van der Waals surface area contributed by atoms with Crippen LogP contribution in [0.5, 0.6) is 6.01 Å². The number of hydrogen-bond acceptors (Lipinski definition) is 9. The van der Waals surface area contributed by atoms with Crippen molar-refractivity contribution >= 4 is 28.4 Å². The second-order valence-electron chi connectivity index (χ2n) is 15.9. The minimum absolute atomic E-state index is 0.154. The number of nitrogens with zero attached hydrogens (tertiary/aromatic N) is 8. The summed E-state index contributed by atoms with van der Waals surface area (Å²) in [6.07, 6.45) is 2.75. The van der Waals surface area contributed by atoms with Gasteiger partial charge >= 0.3 is 12.1 Å². The third-order valence-corrected chi connectivity index (χ3v) is 10.8. The Morgan fingerprint density at radius 3 is 2.48 bits per heavy atom. The molecular weight excluding hydrogens is 628 g/mol. The molecule has 1 saturated carbocycles. The standard InChI is InChI=1S/C39H52N8O3/c1-28-9-7-10-29-11-8-12-33(34(28)29)45-16-13-31-32(25-45)41-36(49-27-39(14-15-39)26-44-19-17-43(6)18-20-44)42-35(31)46-21-22-47(30(24-46)23-40-5)37(48)50-38(2,3)4/h7-12,30H,13-27H2,1-4,6H3. The van der Waals surface area contributed by atoms with Crippen molar-refractivity contribution in [2.45, 2.75) is 65.1 Å². The van der Waals surface area contributed by atoms with Crippen molar-refractivity contribution in [2.24, 2.45) is 5.41 Å². The lowest BCUT2D eigenvalue weighted by molar-refractivity contribution is 0.0155. The number of carbonyl (C=O) groups excluding carboxylic acids is 1. The summed E-state index contributed by atoms with van der Waals surface area (Å²) in [5.41, 5.74) is 4.16. The Hall–Kier alpha value is -4.14. The molecule has 1 aromatic heterocycles. The van der Waals surface area contributed by atoms with E-state index in [0.717, 1.165) is 75.6 Å². The van der Waals surface area contributed by atoms with E-state index >= 15 is 0 Å². The summed E-state index contributed by atoms with van der Waals surface area (Å²) in [5.74, 6) is 0.876. The van der Waals surface area contributed by atoms with Gasteiger partial charge in [-0.05, 0) is 71.0 Å². The van der Waals surface area contributed by atoms with E-state index in [0.29, 0.717) is 38.8 Å². The molecule has 7 rings (SSSR count). The zero-order chi connectivity index (χ0) is 35.0. The SMILES string of the molecule is [C-]#[N+]CC1CN(c2nc(OCC3(CN4CCN(C)CC4)CC3)nc3c2CCN(c2cccc4cccc(C)c24)C3)CCN1C(=O)OC(C)(C)C. The number of amides is 1. The topological polar surface area (TPSA) is 81.9 Å². The lowest BCUT2D eigenvalue weighted by Crippen LogP contribution is -2.57. The van der Waals surface area contributed by atoms with Crippen molar-refractivity contribution in [3.8, 4) is 6.01 Å². The summed E-state index contributed by atoms with van der Waals surface area (Å²) >= 11 is 0. The molecule has 1 unspecified atom stereocenters. The number of benzene rings is 2. The van der Waals surface area contributed by atoms with Gasteiger partial charge in [0.25, 0.3) is 0 Å². The summed E-state index contributed by atoms with van der Waals surface area (Å²) in [4.78, 5) is 38.5. The van der Waals surface area contributed by atoms with Gasteiger partial charge in [0.2, 0.25) is 6.54 Å². The maximum atomic E-state index is 13.2. The van der Waals surface area contributed by atoms with Crippen LogP contribution in [0.15, 0.2) is 36.4 Å². The molecule has 3 aliphatic heterocycles. The van der Waals surface area contributed by atoms with Gasteiger partial charge in [0.15, 0.2) is 0 Å². The second kappa shape index (κ2) is 13.9. The van der Waals surface area contributed by atoms with Crippen LogP contribution >= 0.6 is 0 Å². The maximum absolute atomic E-state index is 13.2. The smallest absolute Gasteiger partial charge is 0.410 e. The van der Waals surface area contributed by atoms with Crippen LogP contribution in [0.2, 0.25) is 0 Å². The van der Waals surface area contributed by atoms with Crippen LogP contribution < -0.4 is 14.5 Å². The van der Waals surface area contributed by atoms with Gasteiger partial charge in [-0.25, -0.2) is 11.4 Å². The van der Waals surface area contributed by atoms with E-state index in [1.165, 1.54) is 22.0 Å². The van der Waals surface area contributed by atoms with E-state index in [1.807, 2.05) is 20.8 Å². The fourth-order valence-electron chi connectivity index (χ4n) is 7.78. The number of aromatic nitrogens is 2. The predicted octanol–water partition coefficient (Wildman–Crippen LogP) is 5.25. The molecule has 0 spiro atoms. The van der Waals surface area contributed by atoms with Crippen molar-refractivity contribution in [1.29, 1.82) is 0 Å². The van der Waals surface area contributed by atoms with E-state index in [9.17, 15) is 4.79 Å². The molecule has 1 amide bonds. The largest absolute Gasteiger partial charge is 0.463 e. The predicted molar refractivity (Wildman–Crippen MR) is 197 cm³/mol. The molecule has 266 valence electrons. The van der Waals surface area contributed by atoms with Crippen LogP contribution in [0, 0.1) is 18.9 Å². The number of hydrogen-bond donors (Lipinski definition) is 0. The van der Waals surface area contributed by atoms with Crippen molar-refractivity contribution in [3.05, 3.63) is 64.6 Å². The van der Waals surface area contributed by atoms with Crippen molar-refractivity contribution < 1.29 is 14.3 Å². The molecule has 2 aromatic carbocycles. The number of piperazine rings is 2. The summed E-state index contributed by atoms with van der Waals surface area (Å²) in [5, 5.41) is 2.52. The molecule has 2 saturated heterocycles. The Morgan fingerprint density at radius 1 is 1.00 bits per heavy atom. The lowest BCUT2D eigenvalue weighted by Gasteiger charge is -2.41. The molecule has 11 nitrogen and oxygen atoms in total. The zero-order valence-corrected chi connectivity index (χ0v) is 30.5. The molecule has 4 heterocycles. The van der Waals surface area contributed by atoms with Crippen LogP contribution in [-0.2, 0) is 17.7 Å². The van der Waals surface area contributed by atoms with E-state index in [1.54, 1.807) is 4.90 Å². The van der Waals surface area contributed by atoms with E-state index in [-0.39, 0.29) is 24.1 Å². The van der Waals surface area contributed by atoms with Crippen molar-refractivity contribution in [2.75, 3.05) is 88.9 Å². The molecule has 11 heteroatoms. The molecule has 50 heavy (non-hydrogen) atoms. The minimum Gasteiger partial charge on any atom is -0.463 e. The monoisotopic (exact) mass is 680 g/mol. The average Bonchev–Trinajstić information content (AvgIpc) is 3.86. The van der Waals surface area contributed by atoms with Crippen LogP contribution in [0.25, 0.3) is 15.6 Å². The highest BCUT2D eigenvalue weighted by Crippen LogP contribution is 2.47. The molecule has 4 aliphatic rings. The number of fused-ring (bicyclic) bond motifs is 2. The first-order chi connectivity index (χ1) is 24.0. The third kappa shape index (κ3) is 7.47. The normalized spacial score (nSPS) is 21.1. The number of aryl methyl sites for hydroxylation is 1. The van der Waals surface area contributed by atoms with Crippen molar-refractivity contribution in [1.82, 2.24) is 24.7 Å². The first kappa shape index (κ1) is 34.3. The first-order valence-corrected chi connectivity index (χ1v) is 18.3. The first-order valence-electron chi connectivity index (χ1n) is 18.3. The highest BCUT2D eigenvalue weighted by Gasteiger charge is 2.45. The highest BCUT2D eigenvalue weighted by molar-refractivity contribution is 5.97. The van der Waals surface area contributed by atoms with Gasteiger partial charge in [-0.15, -0.1) is 0 Å². The highest BCUT2D eigenvalue weighted by atomic mass is 16.6. The van der Waals surface area contributed by atoms with E-state index < -0.39 is 5.60 Å². The van der Waals surface area contributed by atoms with E-state index in [2.05, 4.69) is 74.8 Å². The van der Waals surface area contributed by atoms with Gasteiger partial charge < -0.3 is 33.9 Å². The van der Waals surface area contributed by atoms with Gasteiger partial charge in [0.05, 0.1) is 18.8 Å². The summed E-state index contributed by atoms with van der Waals surface area (Å²) in [6.45, 7) is 24.8. The number of ether oxygens (including phenoxy) is 2. The van der Waals surface area contributed by atoms with Gasteiger partial charge in [-0.2, -0.15) is 9.97 Å². The summed E-state index contributed by atoms with van der Waals surface area (Å²) in [7, 11) is 2.20. The Balaban J connectivity index is 1.17. The fraction of sp³-hybridized carbons (Fsp3) is 0.590. The van der Waals surface area contributed by atoms with Crippen LogP contribution in [0.3, 0.4) is 0 Å². The lowest BCUT2D eigenvalue weighted by atomic mass is 9.99. The number of rotatable bonds is 8. The Kier molecular flexibility index (Phi) is 9.52. The quantitative estimate of drug-likeness (QED) is 0.297. The number of anilines is 2. The second-order valence-corrected chi connectivity index (χ2v) is 15.9. The molecule has 0 radical (unpaired) electrons. The molecule has 1 atom stereocenters. The maximum Gasteiger partial charge on any atom is 0.410 e. The van der Waals surface area contributed by atoms with Gasteiger partial charge in [0.1, 0.15) is 17.5 Å². The summed E-state index contributed by atoms with van der Waals surface area (Å²) in [6, 6.07) is 13.2. The van der Waals surface area contributed by atoms with Gasteiger partial charge in [0, 0.05) is 81.0 Å². The van der Waals surface area contributed by atoms with E-state index in [4.69, 9.17) is 26.0 Å². The molecule has 3 aromatic rings. The number of carbonyl (C=O) groups is 1. The third-order valence-electron chi connectivity index (χ3n) is 10.8. The molecule has 0 bridgehead atoms. The summed E-state index contributed by atoms with van der Waals surface area (Å²) < 4.78 is 12.3. The Morgan fingerprint density at radius 2 is 1.76 bits per heavy atom. The zero-order valence-electron chi connectivity index (χ0n) is 30.5. The van der Waals surface area contributed by atoms with Gasteiger partial charge in [-0.3, -0.25) is 4.90 Å². The average molecular weight is 681 g/mol. The molecule has 0 N–H and O–H groups in total. The van der Waals surface area contributed by atoms with Gasteiger partial charge in [-0.1, -0.05) is 30.3 Å². The van der Waals surface area contributed by atoms with Crippen LogP contribution in [-0.4, -0.2) is 122 Å². The fourth-order valence-corrected chi connectivity index (χ4v) is 7.78.